The van der Waals surface area contributed by atoms with Crippen molar-refractivity contribution in [1.82, 2.24) is 4.98 Å². The lowest BCUT2D eigenvalue weighted by atomic mass is 10.1. The Morgan fingerprint density at radius 3 is 2.58 bits per heavy atom. The van der Waals surface area contributed by atoms with Gasteiger partial charge in [0.25, 0.3) is 0 Å². The minimum absolute atomic E-state index is 0.0660. The van der Waals surface area contributed by atoms with Crippen molar-refractivity contribution in [2.24, 2.45) is 0 Å². The van der Waals surface area contributed by atoms with Gasteiger partial charge in [-0.3, -0.25) is 9.59 Å². The van der Waals surface area contributed by atoms with Gasteiger partial charge < -0.3 is 4.74 Å². The lowest BCUT2D eigenvalue weighted by Gasteiger charge is -2.04. The topological polar surface area (TPSA) is 56.3 Å². The maximum Gasteiger partial charge on any atom is 0.317 e. The molecule has 0 amide bonds. The number of benzene rings is 1. The summed E-state index contributed by atoms with van der Waals surface area (Å²) >= 11 is 3.13. The quantitative estimate of drug-likeness (QED) is 0.367. The second-order valence-corrected chi connectivity index (χ2v) is 6.75. The van der Waals surface area contributed by atoms with Crippen molar-refractivity contribution in [1.29, 1.82) is 0 Å². The molecule has 3 aromatic rings. The molecule has 4 nitrogen and oxygen atoms in total. The number of nitrogens with zero attached hydrogens (tertiary/aromatic N) is 1. The fourth-order valence-corrected chi connectivity index (χ4v) is 3.67. The van der Waals surface area contributed by atoms with Crippen molar-refractivity contribution in [2.75, 3.05) is 0 Å². The van der Waals surface area contributed by atoms with Crippen LogP contribution in [0.4, 0.5) is 0 Å². The van der Waals surface area contributed by atoms with Crippen molar-refractivity contribution in [3.63, 3.8) is 0 Å². The number of Topliss-reactive ketones (excluding diaryl/α,β-unsaturated/α-hetero) is 1. The van der Waals surface area contributed by atoms with E-state index in [-0.39, 0.29) is 18.2 Å². The molecule has 122 valence electrons. The first-order valence-electron chi connectivity index (χ1n) is 7.46. The molecule has 2 heterocycles. The number of aromatic nitrogens is 1. The van der Waals surface area contributed by atoms with E-state index in [9.17, 15) is 9.59 Å². The van der Waals surface area contributed by atoms with Crippen LogP contribution in [-0.2, 0) is 11.2 Å². The molecule has 6 heteroatoms. The fourth-order valence-electron chi connectivity index (χ4n) is 2.14. The van der Waals surface area contributed by atoms with Gasteiger partial charge in [-0.1, -0.05) is 6.92 Å². The van der Waals surface area contributed by atoms with Crippen LogP contribution in [0.5, 0.6) is 5.75 Å². The van der Waals surface area contributed by atoms with Gasteiger partial charge in [-0.25, -0.2) is 4.98 Å². The maximum atomic E-state index is 12.0. The Balaban J connectivity index is 1.60. The predicted molar refractivity (Wildman–Crippen MR) is 95.8 cm³/mol. The number of thiophene rings is 1. The smallest absolute Gasteiger partial charge is 0.317 e. The number of carbonyl (C=O) groups excluding carboxylic acids is 2. The Morgan fingerprint density at radius 2 is 1.92 bits per heavy atom. The Hall–Kier alpha value is -2.31. The average molecular weight is 357 g/mol. The highest BCUT2D eigenvalue weighted by atomic mass is 32.1. The van der Waals surface area contributed by atoms with E-state index in [1.54, 1.807) is 35.6 Å². The number of hydrogen-bond acceptors (Lipinski definition) is 6. The van der Waals surface area contributed by atoms with Crippen molar-refractivity contribution in [3.05, 3.63) is 57.7 Å². The van der Waals surface area contributed by atoms with Crippen LogP contribution in [0.1, 0.15) is 29.4 Å². The SMILES string of the molecule is CCC(=O)c1ccc(OC(=O)Cc2csc(-c3ccsc3)n2)cc1. The number of thiazole rings is 1. The highest BCUT2D eigenvalue weighted by Gasteiger charge is 2.12. The highest BCUT2D eigenvalue weighted by Crippen LogP contribution is 2.26. The van der Waals surface area contributed by atoms with Crippen LogP contribution in [0.15, 0.2) is 46.5 Å². The molecule has 1 aromatic carbocycles. The Bertz CT molecular complexity index is 836. The van der Waals surface area contributed by atoms with Gasteiger partial charge in [0, 0.05) is 28.3 Å². The van der Waals surface area contributed by atoms with Crippen molar-refractivity contribution >= 4 is 34.4 Å². The van der Waals surface area contributed by atoms with Crippen LogP contribution >= 0.6 is 22.7 Å². The van der Waals surface area contributed by atoms with Crippen LogP contribution in [0.2, 0.25) is 0 Å². The van der Waals surface area contributed by atoms with Crippen LogP contribution in [0.3, 0.4) is 0 Å². The number of ketones is 1. The number of ether oxygens (including phenoxy) is 1. The van der Waals surface area contributed by atoms with Gasteiger partial charge in [0.1, 0.15) is 10.8 Å². The molecule has 24 heavy (non-hydrogen) atoms. The van der Waals surface area contributed by atoms with E-state index in [0.29, 0.717) is 23.4 Å². The number of rotatable bonds is 6. The summed E-state index contributed by atoms with van der Waals surface area (Å²) in [6.07, 6.45) is 0.575. The molecule has 0 unspecified atom stereocenters. The molecule has 0 aliphatic heterocycles. The summed E-state index contributed by atoms with van der Waals surface area (Å²) in [5, 5.41) is 6.80. The van der Waals surface area contributed by atoms with E-state index < -0.39 is 0 Å². The minimum Gasteiger partial charge on any atom is -0.426 e. The second-order valence-electron chi connectivity index (χ2n) is 5.11. The largest absolute Gasteiger partial charge is 0.426 e. The molecule has 0 fully saturated rings. The van der Waals surface area contributed by atoms with E-state index in [2.05, 4.69) is 4.98 Å². The third-order valence-corrected chi connectivity index (χ3v) is 5.00. The zero-order valence-electron chi connectivity index (χ0n) is 13.0. The summed E-state index contributed by atoms with van der Waals surface area (Å²) in [6.45, 7) is 1.81. The molecular weight excluding hydrogens is 342 g/mol. The van der Waals surface area contributed by atoms with Gasteiger partial charge in [0.2, 0.25) is 0 Å². The zero-order chi connectivity index (χ0) is 16.9. The third-order valence-electron chi connectivity index (χ3n) is 3.37. The van der Waals surface area contributed by atoms with Crippen molar-refractivity contribution < 1.29 is 14.3 Å². The predicted octanol–water partition coefficient (Wildman–Crippen LogP) is 4.61. The van der Waals surface area contributed by atoms with Crippen molar-refractivity contribution in [2.45, 2.75) is 19.8 Å². The van der Waals surface area contributed by atoms with E-state index in [4.69, 9.17) is 4.74 Å². The van der Waals surface area contributed by atoms with Crippen LogP contribution in [-0.4, -0.2) is 16.7 Å². The van der Waals surface area contributed by atoms with Gasteiger partial charge in [-0.15, -0.1) is 11.3 Å². The molecule has 0 saturated carbocycles. The molecule has 0 atom stereocenters. The minimum atomic E-state index is -0.369. The Labute approximate surface area is 147 Å². The maximum absolute atomic E-state index is 12.0. The van der Waals surface area contributed by atoms with Crippen molar-refractivity contribution in [3.8, 4) is 16.3 Å². The third kappa shape index (κ3) is 3.96. The van der Waals surface area contributed by atoms with E-state index in [0.717, 1.165) is 10.6 Å². The second kappa shape index (κ2) is 7.51. The van der Waals surface area contributed by atoms with Gasteiger partial charge in [-0.2, -0.15) is 11.3 Å². The molecule has 0 bridgehead atoms. The summed E-state index contributed by atoms with van der Waals surface area (Å²) in [6, 6.07) is 8.62. The lowest BCUT2D eigenvalue weighted by Crippen LogP contribution is -2.11. The molecular formula is C18H15NO3S2. The standard InChI is InChI=1S/C18H15NO3S2/c1-2-16(20)12-3-5-15(6-4-12)22-17(21)9-14-11-24-18(19-14)13-7-8-23-10-13/h3-8,10-11H,2,9H2,1H3. The van der Waals surface area contributed by atoms with E-state index in [1.807, 2.05) is 29.1 Å². The normalized spacial score (nSPS) is 10.5. The molecule has 3 rings (SSSR count). The Kier molecular flexibility index (Phi) is 5.17. The van der Waals surface area contributed by atoms with Crippen LogP contribution in [0, 0.1) is 0 Å². The van der Waals surface area contributed by atoms with Gasteiger partial charge in [-0.05, 0) is 35.7 Å². The summed E-state index contributed by atoms with van der Waals surface area (Å²) < 4.78 is 5.30. The highest BCUT2D eigenvalue weighted by molar-refractivity contribution is 7.14. The first kappa shape index (κ1) is 16.5. The zero-order valence-corrected chi connectivity index (χ0v) is 14.7. The molecule has 0 aliphatic carbocycles. The number of hydrogen-bond donors (Lipinski definition) is 0. The first-order chi connectivity index (χ1) is 11.7. The fraction of sp³-hybridized carbons (Fsp3) is 0.167. The molecule has 0 N–H and O–H groups in total. The summed E-state index contributed by atoms with van der Waals surface area (Å²) in [7, 11) is 0. The number of esters is 1. The monoisotopic (exact) mass is 357 g/mol. The molecule has 0 saturated heterocycles. The van der Waals surface area contributed by atoms with Gasteiger partial charge in [0.05, 0.1) is 12.1 Å². The van der Waals surface area contributed by atoms with Gasteiger partial charge in [0.15, 0.2) is 5.78 Å². The molecule has 0 spiro atoms. The van der Waals surface area contributed by atoms with Crippen LogP contribution in [0.25, 0.3) is 10.6 Å². The van der Waals surface area contributed by atoms with Crippen LogP contribution < -0.4 is 4.74 Å². The van der Waals surface area contributed by atoms with E-state index in [1.165, 1.54) is 11.3 Å². The summed E-state index contributed by atoms with van der Waals surface area (Å²) in [4.78, 5) is 28.1. The first-order valence-corrected chi connectivity index (χ1v) is 9.29. The Morgan fingerprint density at radius 1 is 1.12 bits per heavy atom. The summed E-state index contributed by atoms with van der Waals surface area (Å²) in [5.74, 6) is 0.129. The summed E-state index contributed by atoms with van der Waals surface area (Å²) in [5.41, 5.74) is 2.39. The molecule has 0 aliphatic rings. The lowest BCUT2D eigenvalue weighted by molar-refractivity contribution is -0.133. The molecule has 2 aromatic heterocycles. The number of carbonyl (C=O) groups is 2. The van der Waals surface area contributed by atoms with Gasteiger partial charge >= 0.3 is 5.97 Å². The van der Waals surface area contributed by atoms with E-state index >= 15 is 0 Å². The average Bonchev–Trinajstić information content (AvgIpc) is 3.26. The molecule has 0 radical (unpaired) electrons.